The summed E-state index contributed by atoms with van der Waals surface area (Å²) in [6.45, 7) is 0.628. The molecule has 2 nitrogen and oxygen atoms in total. The fraction of sp³-hybridized carbons (Fsp3) is 0.333. The first kappa shape index (κ1) is 8.08. The zero-order chi connectivity index (χ0) is 8.55. The maximum absolute atomic E-state index is 5.77. The maximum Gasteiger partial charge on any atom is 0.123 e. The number of benzene rings is 1. The van der Waals surface area contributed by atoms with Gasteiger partial charge in [0.1, 0.15) is 12.4 Å². The topological polar surface area (TPSA) is 35.2 Å². The van der Waals surface area contributed by atoms with Gasteiger partial charge in [-0.15, -0.1) is 0 Å². The third-order valence-electron chi connectivity index (χ3n) is 2.00. The average Bonchev–Trinajstić information content (AvgIpc) is 2.07. The molecule has 0 fully saturated rings. The second-order valence-electron chi connectivity index (χ2n) is 2.99. The van der Waals surface area contributed by atoms with Gasteiger partial charge in [-0.05, 0) is 18.6 Å². The normalized spacial score (nSPS) is 21.3. The smallest absolute Gasteiger partial charge is 0.123 e. The number of rotatable bonds is 0. The summed E-state index contributed by atoms with van der Waals surface area (Å²) >= 11 is 3.47. The highest BCUT2D eigenvalue weighted by Crippen LogP contribution is 2.30. The van der Waals surface area contributed by atoms with Crippen molar-refractivity contribution in [1.82, 2.24) is 0 Å². The van der Waals surface area contributed by atoms with Gasteiger partial charge in [-0.3, -0.25) is 0 Å². The zero-order valence-electron chi connectivity index (χ0n) is 6.59. The van der Waals surface area contributed by atoms with E-state index in [9.17, 15) is 0 Å². The highest BCUT2D eigenvalue weighted by atomic mass is 79.9. The van der Waals surface area contributed by atoms with Crippen molar-refractivity contribution in [2.24, 2.45) is 5.73 Å². The Hall–Kier alpha value is -0.540. The lowest BCUT2D eigenvalue weighted by Gasteiger charge is -2.23. The van der Waals surface area contributed by atoms with E-state index in [1.165, 1.54) is 5.56 Å². The molecule has 12 heavy (non-hydrogen) atoms. The van der Waals surface area contributed by atoms with Crippen LogP contribution >= 0.6 is 15.9 Å². The number of fused-ring (bicyclic) bond motifs is 1. The monoisotopic (exact) mass is 227 g/mol. The van der Waals surface area contributed by atoms with Crippen molar-refractivity contribution in [3.63, 3.8) is 0 Å². The molecule has 0 saturated carbocycles. The van der Waals surface area contributed by atoms with Crippen molar-refractivity contribution in [3.8, 4) is 5.75 Å². The largest absolute Gasteiger partial charge is 0.492 e. The van der Waals surface area contributed by atoms with Gasteiger partial charge in [0.05, 0.1) is 0 Å². The summed E-state index contributed by atoms with van der Waals surface area (Å²) in [5.41, 5.74) is 6.96. The quantitative estimate of drug-likeness (QED) is 0.733. The van der Waals surface area contributed by atoms with E-state index in [-0.39, 0.29) is 6.04 Å². The Bertz CT molecular complexity index is 301. The molecule has 0 amide bonds. The van der Waals surface area contributed by atoms with Crippen molar-refractivity contribution in [1.29, 1.82) is 0 Å². The van der Waals surface area contributed by atoms with E-state index < -0.39 is 0 Å². The van der Waals surface area contributed by atoms with E-state index in [2.05, 4.69) is 15.9 Å². The fourth-order valence-electron chi connectivity index (χ4n) is 1.39. The second-order valence-corrected chi connectivity index (χ2v) is 3.85. The van der Waals surface area contributed by atoms with Crippen LogP contribution in [0, 0.1) is 0 Å². The van der Waals surface area contributed by atoms with Gasteiger partial charge in [-0.2, -0.15) is 0 Å². The van der Waals surface area contributed by atoms with Gasteiger partial charge in [0.15, 0.2) is 0 Å². The third-order valence-corrected chi connectivity index (χ3v) is 2.74. The Labute approximate surface area is 79.8 Å². The first-order chi connectivity index (χ1) is 5.77. The molecule has 0 radical (unpaired) electrons. The van der Waals surface area contributed by atoms with Gasteiger partial charge in [0, 0.05) is 16.1 Å². The fourth-order valence-corrected chi connectivity index (χ4v) is 1.90. The molecule has 0 aliphatic carbocycles. The number of nitrogens with two attached hydrogens (primary N) is 1. The van der Waals surface area contributed by atoms with E-state index in [0.717, 1.165) is 16.6 Å². The van der Waals surface area contributed by atoms with Gasteiger partial charge in [0.25, 0.3) is 0 Å². The third kappa shape index (κ3) is 1.34. The van der Waals surface area contributed by atoms with Gasteiger partial charge >= 0.3 is 0 Å². The molecule has 1 unspecified atom stereocenters. The minimum Gasteiger partial charge on any atom is -0.492 e. The molecule has 1 aliphatic heterocycles. The van der Waals surface area contributed by atoms with Gasteiger partial charge in [-0.25, -0.2) is 0 Å². The molecule has 0 aromatic heterocycles. The van der Waals surface area contributed by atoms with Crippen LogP contribution < -0.4 is 10.5 Å². The molecule has 0 saturated heterocycles. The number of hydrogen-bond acceptors (Lipinski definition) is 2. The zero-order valence-corrected chi connectivity index (χ0v) is 8.17. The second kappa shape index (κ2) is 3.07. The van der Waals surface area contributed by atoms with Crippen molar-refractivity contribution >= 4 is 15.9 Å². The summed E-state index contributed by atoms with van der Waals surface area (Å²) in [7, 11) is 0. The highest BCUT2D eigenvalue weighted by Gasteiger charge is 2.17. The molecule has 64 valence electrons. The van der Waals surface area contributed by atoms with E-state index in [4.69, 9.17) is 10.5 Å². The van der Waals surface area contributed by atoms with Crippen LogP contribution in [0.25, 0.3) is 0 Å². The Morgan fingerprint density at radius 1 is 1.50 bits per heavy atom. The minimum absolute atomic E-state index is 0.135. The molecule has 1 aliphatic rings. The number of ether oxygens (including phenoxy) is 1. The lowest BCUT2D eigenvalue weighted by molar-refractivity contribution is 0.263. The van der Waals surface area contributed by atoms with Gasteiger partial charge in [-0.1, -0.05) is 22.0 Å². The molecule has 1 aromatic rings. The summed E-state index contributed by atoms with van der Waals surface area (Å²) in [6, 6.07) is 6.10. The van der Waals surface area contributed by atoms with Crippen LogP contribution in [0.4, 0.5) is 0 Å². The predicted octanol–water partition coefficient (Wildman–Crippen LogP) is 1.71. The summed E-state index contributed by atoms with van der Waals surface area (Å²) in [5, 5.41) is 0. The highest BCUT2D eigenvalue weighted by molar-refractivity contribution is 9.10. The minimum atomic E-state index is 0.135. The van der Waals surface area contributed by atoms with E-state index >= 15 is 0 Å². The van der Waals surface area contributed by atoms with Crippen LogP contribution in [0.5, 0.6) is 5.75 Å². The van der Waals surface area contributed by atoms with Crippen molar-refractivity contribution in [2.45, 2.75) is 12.5 Å². The first-order valence-corrected chi connectivity index (χ1v) is 4.72. The molecule has 1 aromatic carbocycles. The summed E-state index contributed by atoms with van der Waals surface area (Å²) < 4.78 is 6.55. The van der Waals surface area contributed by atoms with Crippen LogP contribution in [-0.2, 0) is 6.42 Å². The van der Waals surface area contributed by atoms with Crippen LogP contribution in [0.15, 0.2) is 22.7 Å². The SMILES string of the molecule is NC1COc2cccc(Br)c2C1. The Morgan fingerprint density at radius 3 is 3.17 bits per heavy atom. The summed E-state index contributed by atoms with van der Waals surface area (Å²) in [4.78, 5) is 0. The number of halogens is 1. The van der Waals surface area contributed by atoms with Crippen LogP contribution in [-0.4, -0.2) is 12.6 Å². The summed E-state index contributed by atoms with van der Waals surface area (Å²) in [5.74, 6) is 0.964. The van der Waals surface area contributed by atoms with Crippen molar-refractivity contribution < 1.29 is 4.74 Å². The molecule has 2 rings (SSSR count). The summed E-state index contributed by atoms with van der Waals surface area (Å²) in [6.07, 6.45) is 0.900. The molecular formula is C9H10BrNO. The molecule has 1 heterocycles. The van der Waals surface area contributed by atoms with Crippen molar-refractivity contribution in [3.05, 3.63) is 28.2 Å². The van der Waals surface area contributed by atoms with Crippen LogP contribution in [0.3, 0.4) is 0 Å². The lowest BCUT2D eigenvalue weighted by atomic mass is 10.0. The molecule has 0 spiro atoms. The molecule has 1 atom stereocenters. The van der Waals surface area contributed by atoms with Gasteiger partial charge < -0.3 is 10.5 Å². The molecule has 3 heteroatoms. The van der Waals surface area contributed by atoms with Crippen molar-refractivity contribution in [2.75, 3.05) is 6.61 Å². The Balaban J connectivity index is 2.43. The van der Waals surface area contributed by atoms with Crippen LogP contribution in [0.1, 0.15) is 5.56 Å². The van der Waals surface area contributed by atoms with E-state index in [0.29, 0.717) is 6.61 Å². The molecule has 0 bridgehead atoms. The molecule has 2 N–H and O–H groups in total. The Kier molecular flexibility index (Phi) is 2.07. The number of hydrogen-bond donors (Lipinski definition) is 1. The average molecular weight is 228 g/mol. The molecular weight excluding hydrogens is 218 g/mol. The first-order valence-electron chi connectivity index (χ1n) is 3.93. The van der Waals surface area contributed by atoms with E-state index in [1.807, 2.05) is 18.2 Å². The standard InChI is InChI=1S/C9H10BrNO/c10-8-2-1-3-9-7(8)4-6(11)5-12-9/h1-3,6H,4-5,11H2. The Morgan fingerprint density at radius 2 is 2.33 bits per heavy atom. The van der Waals surface area contributed by atoms with Gasteiger partial charge in [0.2, 0.25) is 0 Å². The van der Waals surface area contributed by atoms with E-state index in [1.54, 1.807) is 0 Å². The predicted molar refractivity (Wildman–Crippen MR) is 51.3 cm³/mol. The maximum atomic E-state index is 5.77. The lowest BCUT2D eigenvalue weighted by Crippen LogP contribution is -2.33. The van der Waals surface area contributed by atoms with Crippen LogP contribution in [0.2, 0.25) is 0 Å².